The molecule has 1 N–H and O–H groups in total. The lowest BCUT2D eigenvalue weighted by atomic mass is 9.86. The summed E-state index contributed by atoms with van der Waals surface area (Å²) < 4.78 is 3.66. The Morgan fingerprint density at radius 1 is 1.04 bits per heavy atom. The van der Waals surface area contributed by atoms with E-state index in [-0.39, 0.29) is 1.43 Å². The van der Waals surface area contributed by atoms with Gasteiger partial charge in [-0.1, -0.05) is 23.5 Å². The number of para-hydroxylation sites is 1. The summed E-state index contributed by atoms with van der Waals surface area (Å²) in [6, 6.07) is 13.4. The Bertz CT molecular complexity index is 1080. The highest BCUT2D eigenvalue weighted by Crippen LogP contribution is 2.45. The van der Waals surface area contributed by atoms with Gasteiger partial charge in [-0.05, 0) is 49.9 Å². The number of rotatable bonds is 4. The number of nitrogens with zero attached hydrogens (tertiary/aromatic N) is 4. The first-order chi connectivity index (χ1) is 12.8. The lowest BCUT2D eigenvalue weighted by Gasteiger charge is -2.37. The van der Waals surface area contributed by atoms with Gasteiger partial charge in [-0.25, -0.2) is 15.0 Å². The van der Waals surface area contributed by atoms with Crippen molar-refractivity contribution in [2.75, 3.05) is 5.32 Å². The molecule has 0 amide bonds. The number of pyridine rings is 1. The third kappa shape index (κ3) is 2.32. The van der Waals surface area contributed by atoms with Gasteiger partial charge >= 0.3 is 0 Å². The van der Waals surface area contributed by atoms with E-state index in [0.29, 0.717) is 18.0 Å². The van der Waals surface area contributed by atoms with E-state index in [0.717, 1.165) is 34.7 Å². The zero-order chi connectivity index (χ0) is 17.1. The topological polar surface area (TPSA) is 55.6 Å². The number of anilines is 1. The van der Waals surface area contributed by atoms with Gasteiger partial charge in [-0.15, -0.1) is 0 Å². The SMILES string of the molecule is [HH].c1ccc2sc(NC3CC(n4c(C5CC5)nc5cccnc54)C3)nc2c1. The lowest BCUT2D eigenvalue weighted by molar-refractivity contribution is 0.281. The maximum absolute atomic E-state index is 4.89. The molecule has 3 aromatic heterocycles. The van der Waals surface area contributed by atoms with Gasteiger partial charge in [0.2, 0.25) is 0 Å². The van der Waals surface area contributed by atoms with Crippen molar-refractivity contribution in [3.8, 4) is 0 Å². The van der Waals surface area contributed by atoms with Crippen LogP contribution in [0.1, 0.15) is 44.9 Å². The van der Waals surface area contributed by atoms with Gasteiger partial charge in [0.15, 0.2) is 10.8 Å². The van der Waals surface area contributed by atoms with E-state index in [4.69, 9.17) is 9.97 Å². The number of fused-ring (bicyclic) bond motifs is 2. The Morgan fingerprint density at radius 3 is 2.73 bits per heavy atom. The second kappa shape index (κ2) is 5.51. The van der Waals surface area contributed by atoms with Crippen molar-refractivity contribution >= 4 is 37.8 Å². The standard InChI is InChI=1S/C20H19N5S.H2/c1-2-6-17-15(4-1)24-20(26-17)22-13-10-14(11-13)25-18(12-7-8-12)23-16-5-3-9-21-19(16)25;/h1-6,9,12-14H,7-8,10-11H2,(H,22,24);1H. The Labute approximate surface area is 156 Å². The molecule has 132 valence electrons. The van der Waals surface area contributed by atoms with E-state index < -0.39 is 0 Å². The zero-order valence-electron chi connectivity index (χ0n) is 14.3. The van der Waals surface area contributed by atoms with Crippen LogP contribution in [0, 0.1) is 0 Å². The minimum Gasteiger partial charge on any atom is -0.359 e. The smallest absolute Gasteiger partial charge is 0.184 e. The van der Waals surface area contributed by atoms with Gasteiger partial charge in [-0.2, -0.15) is 0 Å². The van der Waals surface area contributed by atoms with Crippen LogP contribution >= 0.6 is 11.3 Å². The Hall–Kier alpha value is -2.47. The van der Waals surface area contributed by atoms with Crippen molar-refractivity contribution in [1.29, 1.82) is 0 Å². The number of benzene rings is 1. The van der Waals surface area contributed by atoms with Crippen LogP contribution in [0.25, 0.3) is 21.4 Å². The van der Waals surface area contributed by atoms with Crippen molar-refractivity contribution in [2.45, 2.75) is 43.7 Å². The van der Waals surface area contributed by atoms with Gasteiger partial charge in [0.1, 0.15) is 11.3 Å². The molecule has 6 heteroatoms. The monoisotopic (exact) mass is 363 g/mol. The van der Waals surface area contributed by atoms with Crippen LogP contribution in [0.15, 0.2) is 42.6 Å². The molecule has 5 nitrogen and oxygen atoms in total. The minimum atomic E-state index is 0. The molecular weight excluding hydrogens is 342 g/mol. The van der Waals surface area contributed by atoms with Crippen molar-refractivity contribution < 1.29 is 1.43 Å². The second-order valence-electron chi connectivity index (χ2n) is 7.41. The number of hydrogen-bond donors (Lipinski definition) is 1. The maximum Gasteiger partial charge on any atom is 0.184 e. The van der Waals surface area contributed by atoms with Crippen LogP contribution in [-0.2, 0) is 0 Å². The molecule has 0 bridgehead atoms. The summed E-state index contributed by atoms with van der Waals surface area (Å²) in [5.41, 5.74) is 3.17. The number of imidazole rings is 1. The molecule has 0 radical (unpaired) electrons. The molecule has 2 fully saturated rings. The van der Waals surface area contributed by atoms with Crippen LogP contribution in [-0.4, -0.2) is 25.6 Å². The molecular formula is C20H21N5S. The maximum atomic E-state index is 4.89. The molecule has 0 aliphatic heterocycles. The van der Waals surface area contributed by atoms with E-state index in [9.17, 15) is 0 Å². The molecule has 26 heavy (non-hydrogen) atoms. The highest BCUT2D eigenvalue weighted by atomic mass is 32.1. The zero-order valence-corrected chi connectivity index (χ0v) is 15.1. The summed E-state index contributed by atoms with van der Waals surface area (Å²) in [7, 11) is 0. The van der Waals surface area contributed by atoms with E-state index in [1.165, 1.54) is 23.4 Å². The number of nitrogens with one attached hydrogen (secondary N) is 1. The normalized spacial score (nSPS) is 22.6. The third-order valence-corrected chi connectivity index (χ3v) is 6.49. The molecule has 1 aromatic carbocycles. The first-order valence-electron chi connectivity index (χ1n) is 9.30. The molecule has 2 aliphatic carbocycles. The van der Waals surface area contributed by atoms with Crippen LogP contribution < -0.4 is 5.32 Å². The van der Waals surface area contributed by atoms with Gasteiger partial charge in [0, 0.05) is 25.6 Å². The Kier molecular flexibility index (Phi) is 3.11. The molecule has 2 saturated carbocycles. The Balaban J connectivity index is 0.00000160. The molecule has 3 heterocycles. The van der Waals surface area contributed by atoms with E-state index in [1.807, 2.05) is 18.3 Å². The molecule has 4 aromatic rings. The van der Waals surface area contributed by atoms with Gasteiger partial charge in [0.25, 0.3) is 0 Å². The van der Waals surface area contributed by atoms with Crippen LogP contribution in [0.5, 0.6) is 0 Å². The predicted octanol–water partition coefficient (Wildman–Crippen LogP) is 4.98. The van der Waals surface area contributed by atoms with Crippen molar-refractivity contribution in [3.05, 3.63) is 48.4 Å². The summed E-state index contributed by atoms with van der Waals surface area (Å²) in [4.78, 5) is 14.2. The first-order valence-corrected chi connectivity index (χ1v) is 10.1. The van der Waals surface area contributed by atoms with Gasteiger partial charge in [0.05, 0.1) is 10.2 Å². The molecule has 6 rings (SSSR count). The van der Waals surface area contributed by atoms with E-state index in [1.54, 1.807) is 11.3 Å². The fraction of sp³-hybridized carbons (Fsp3) is 0.350. The van der Waals surface area contributed by atoms with Gasteiger partial charge in [-0.3, -0.25) is 0 Å². The summed E-state index contributed by atoms with van der Waals surface area (Å²) in [6.45, 7) is 0. The Morgan fingerprint density at radius 2 is 1.88 bits per heavy atom. The average Bonchev–Trinajstić information content (AvgIpc) is 3.28. The quantitative estimate of drug-likeness (QED) is 0.555. The third-order valence-electron chi connectivity index (χ3n) is 5.52. The fourth-order valence-corrected chi connectivity index (χ4v) is 4.90. The van der Waals surface area contributed by atoms with E-state index in [2.05, 4.69) is 39.1 Å². The van der Waals surface area contributed by atoms with Gasteiger partial charge < -0.3 is 9.88 Å². The first kappa shape index (κ1) is 14.7. The van der Waals surface area contributed by atoms with Crippen molar-refractivity contribution in [1.82, 2.24) is 19.5 Å². The summed E-state index contributed by atoms with van der Waals surface area (Å²) in [5, 5.41) is 4.66. The highest BCUT2D eigenvalue weighted by Gasteiger charge is 2.37. The van der Waals surface area contributed by atoms with Crippen molar-refractivity contribution in [2.24, 2.45) is 0 Å². The predicted molar refractivity (Wildman–Crippen MR) is 107 cm³/mol. The summed E-state index contributed by atoms with van der Waals surface area (Å²) in [6.07, 6.45) is 6.63. The molecule has 0 unspecified atom stereocenters. The lowest BCUT2D eigenvalue weighted by Crippen LogP contribution is -2.37. The van der Waals surface area contributed by atoms with Crippen LogP contribution in [0.4, 0.5) is 5.13 Å². The van der Waals surface area contributed by atoms with Crippen molar-refractivity contribution in [3.63, 3.8) is 0 Å². The fourth-order valence-electron chi connectivity index (χ4n) is 3.96. The molecule has 0 spiro atoms. The second-order valence-corrected chi connectivity index (χ2v) is 8.44. The largest absolute Gasteiger partial charge is 0.359 e. The van der Waals surface area contributed by atoms with Crippen LogP contribution in [0.3, 0.4) is 0 Å². The minimum absolute atomic E-state index is 0. The molecule has 0 saturated heterocycles. The summed E-state index contributed by atoms with van der Waals surface area (Å²) >= 11 is 1.74. The number of aromatic nitrogens is 4. The highest BCUT2D eigenvalue weighted by molar-refractivity contribution is 7.22. The molecule has 2 aliphatic rings. The van der Waals surface area contributed by atoms with E-state index >= 15 is 0 Å². The van der Waals surface area contributed by atoms with Crippen LogP contribution in [0.2, 0.25) is 0 Å². The number of thiazole rings is 1. The number of hydrogen-bond acceptors (Lipinski definition) is 5. The molecule has 0 atom stereocenters. The average molecular weight is 363 g/mol. The summed E-state index contributed by atoms with van der Waals surface area (Å²) in [5.74, 6) is 1.89.